The van der Waals surface area contributed by atoms with Crippen molar-refractivity contribution in [2.24, 2.45) is 0 Å². The van der Waals surface area contributed by atoms with E-state index < -0.39 is 23.6 Å². The molecule has 6 rings (SSSR count). The molecule has 1 saturated heterocycles. The van der Waals surface area contributed by atoms with E-state index >= 15 is 0 Å². The number of piperazine rings is 1. The first-order valence-electron chi connectivity index (χ1n) is 17.1. The van der Waals surface area contributed by atoms with Crippen LogP contribution in [-0.2, 0) is 14.3 Å². The molecule has 1 N–H and O–H groups in total. The lowest BCUT2D eigenvalue weighted by atomic mass is 9.93. The van der Waals surface area contributed by atoms with Crippen LogP contribution < -0.4 is 5.32 Å². The van der Waals surface area contributed by atoms with Gasteiger partial charge in [-0.1, -0.05) is 0 Å². The Morgan fingerprint density at radius 2 is 1.78 bits per heavy atom. The maximum atomic E-state index is 14.9. The molecule has 2 fully saturated rings. The summed E-state index contributed by atoms with van der Waals surface area (Å²) in [7, 11) is 2.08. The minimum Gasteiger partial charge on any atom is -0.464 e. The van der Waals surface area contributed by atoms with Crippen molar-refractivity contribution >= 4 is 34.8 Å². The Labute approximate surface area is 297 Å². The summed E-state index contributed by atoms with van der Waals surface area (Å²) in [5.74, 6) is -3.09. The molecule has 51 heavy (non-hydrogen) atoms. The predicted octanol–water partition coefficient (Wildman–Crippen LogP) is 4.53. The minimum atomic E-state index is -0.879. The summed E-state index contributed by atoms with van der Waals surface area (Å²) >= 11 is 1.17. The van der Waals surface area contributed by atoms with E-state index in [9.17, 15) is 23.2 Å². The summed E-state index contributed by atoms with van der Waals surface area (Å²) in [6.07, 6.45) is 7.76. The Bertz CT molecular complexity index is 1830. The van der Waals surface area contributed by atoms with Crippen LogP contribution >= 0.6 is 11.3 Å². The van der Waals surface area contributed by atoms with Crippen LogP contribution in [0, 0.1) is 11.8 Å². The molecule has 1 amide bonds. The Hall–Kier alpha value is -4.45. The van der Waals surface area contributed by atoms with Crippen molar-refractivity contribution in [3.8, 4) is 22.0 Å². The van der Waals surface area contributed by atoms with Gasteiger partial charge in [-0.15, -0.1) is 11.3 Å². The molecule has 0 atom stereocenters. The zero-order chi connectivity index (χ0) is 35.9. The smallest absolute Gasteiger partial charge is 0.306 e. The number of halogens is 2. The van der Waals surface area contributed by atoms with Gasteiger partial charge in [0.25, 0.3) is 5.91 Å². The quantitative estimate of drug-likeness (QED) is 0.153. The van der Waals surface area contributed by atoms with Gasteiger partial charge in [0, 0.05) is 69.1 Å². The van der Waals surface area contributed by atoms with Crippen LogP contribution in [0.5, 0.6) is 0 Å². The van der Waals surface area contributed by atoms with Gasteiger partial charge >= 0.3 is 5.97 Å². The molecule has 14 nitrogen and oxygen atoms in total. The summed E-state index contributed by atoms with van der Waals surface area (Å²) in [5, 5.41) is 13.4. The highest BCUT2D eigenvalue weighted by molar-refractivity contribution is 7.13. The van der Waals surface area contributed by atoms with Crippen LogP contribution in [0.2, 0.25) is 0 Å². The topological polar surface area (TPSA) is 150 Å². The Morgan fingerprint density at radius 1 is 1.00 bits per heavy atom. The molecular weight excluding hydrogens is 684 g/mol. The summed E-state index contributed by atoms with van der Waals surface area (Å²) in [4.78, 5) is 51.0. The first-order valence-corrected chi connectivity index (χ1v) is 18.0. The number of pyridine rings is 1. The van der Waals surface area contributed by atoms with Crippen molar-refractivity contribution in [3.05, 3.63) is 53.6 Å². The fourth-order valence-electron chi connectivity index (χ4n) is 6.16. The maximum absolute atomic E-state index is 14.9. The number of ether oxygens (including phenoxy) is 2. The van der Waals surface area contributed by atoms with E-state index in [4.69, 9.17) is 9.47 Å². The van der Waals surface area contributed by atoms with Crippen LogP contribution in [0.1, 0.15) is 66.8 Å². The second-order valence-corrected chi connectivity index (χ2v) is 13.5. The second-order valence-electron chi connectivity index (χ2n) is 12.6. The molecule has 2 aliphatic rings. The van der Waals surface area contributed by atoms with Crippen LogP contribution in [-0.4, -0.2) is 116 Å². The number of aromatic nitrogens is 6. The number of anilines is 1. The predicted molar refractivity (Wildman–Crippen MR) is 184 cm³/mol. The van der Waals surface area contributed by atoms with Gasteiger partial charge < -0.3 is 19.7 Å². The van der Waals surface area contributed by atoms with E-state index in [0.717, 1.165) is 68.7 Å². The largest absolute Gasteiger partial charge is 0.464 e. The Balaban J connectivity index is 1.07. The van der Waals surface area contributed by atoms with E-state index in [-0.39, 0.29) is 60.3 Å². The molecule has 4 aromatic heterocycles. The lowest BCUT2D eigenvalue weighted by Gasteiger charge is -2.32. The fraction of sp³-hybridized carbons (Fsp3) is 0.500. The number of rotatable bonds is 13. The van der Waals surface area contributed by atoms with Crippen molar-refractivity contribution in [1.82, 2.24) is 39.3 Å². The van der Waals surface area contributed by atoms with Crippen LogP contribution in [0.3, 0.4) is 0 Å². The summed E-state index contributed by atoms with van der Waals surface area (Å²) in [5.41, 5.74) is 0.416. The monoisotopic (exact) mass is 725 g/mol. The van der Waals surface area contributed by atoms with Gasteiger partial charge in [0.05, 0.1) is 30.5 Å². The number of thiazole rings is 1. The normalized spacial score (nSPS) is 18.5. The van der Waals surface area contributed by atoms with E-state index in [2.05, 4.69) is 42.3 Å². The SMILES string of the molecule is CCOC1CCC(n2cc(NC(=O)c3csc(-c4cnn(C(=O)CCC(=O)OCCN5CCN(C)CC5)c4)n3)c(-c3nc(F)ccc3F)n2)CC1. The van der Waals surface area contributed by atoms with E-state index in [0.29, 0.717) is 23.7 Å². The molecule has 272 valence electrons. The van der Waals surface area contributed by atoms with Gasteiger partial charge in [-0.2, -0.15) is 14.6 Å². The number of carbonyl (C=O) groups excluding carboxylic acids is 3. The Kier molecular flexibility index (Phi) is 11.9. The Morgan fingerprint density at radius 3 is 2.55 bits per heavy atom. The standard InChI is InChI=1S/C34H41F2N9O5S/c1-3-49-24-6-4-23(5-7-24)44-20-26(32(41-44)31-25(35)8-9-28(36)40-31)38-33(48)27-21-51-34(39-27)22-18-37-45(19-22)29(46)10-11-30(47)50-17-16-43-14-12-42(2)13-15-43/h8-9,18-21,23-24H,3-7,10-17H2,1-2H3,(H,38,48). The molecule has 4 aromatic rings. The average molecular weight is 726 g/mol. The van der Waals surface area contributed by atoms with Gasteiger partial charge in [-0.05, 0) is 51.8 Å². The fourth-order valence-corrected chi connectivity index (χ4v) is 6.94. The first kappa shape index (κ1) is 36.3. The number of hydrogen-bond acceptors (Lipinski definition) is 12. The molecule has 1 aliphatic heterocycles. The maximum Gasteiger partial charge on any atom is 0.306 e. The highest BCUT2D eigenvalue weighted by Crippen LogP contribution is 2.35. The van der Waals surface area contributed by atoms with E-state index in [1.165, 1.54) is 23.7 Å². The first-order chi connectivity index (χ1) is 24.7. The van der Waals surface area contributed by atoms with Crippen LogP contribution in [0.4, 0.5) is 14.5 Å². The molecule has 5 heterocycles. The lowest BCUT2D eigenvalue weighted by Crippen LogP contribution is -2.45. The van der Waals surface area contributed by atoms with Crippen molar-refractivity contribution in [1.29, 1.82) is 0 Å². The molecule has 1 aliphatic carbocycles. The summed E-state index contributed by atoms with van der Waals surface area (Å²) in [6, 6.07) is 1.86. The van der Waals surface area contributed by atoms with Crippen molar-refractivity contribution in [2.75, 3.05) is 58.3 Å². The number of carbonyl (C=O) groups is 3. The third-order valence-corrected chi connectivity index (χ3v) is 9.96. The third kappa shape index (κ3) is 9.27. The summed E-state index contributed by atoms with van der Waals surface area (Å²) < 4.78 is 42.9. The van der Waals surface area contributed by atoms with Gasteiger partial charge in [-0.25, -0.2) is 19.0 Å². The van der Waals surface area contributed by atoms with Crippen LogP contribution in [0.15, 0.2) is 36.1 Å². The zero-order valence-corrected chi connectivity index (χ0v) is 29.4. The number of nitrogens with zero attached hydrogens (tertiary/aromatic N) is 8. The van der Waals surface area contributed by atoms with Gasteiger partial charge in [-0.3, -0.25) is 24.0 Å². The zero-order valence-electron chi connectivity index (χ0n) is 28.6. The number of amides is 1. The highest BCUT2D eigenvalue weighted by Gasteiger charge is 2.27. The number of hydrogen-bond donors (Lipinski definition) is 1. The lowest BCUT2D eigenvalue weighted by molar-refractivity contribution is -0.144. The number of likely N-dealkylation sites (N-methyl/N-ethyl adjacent to an activating group) is 1. The molecular formula is C34H41F2N9O5S. The van der Waals surface area contributed by atoms with Gasteiger partial charge in [0.15, 0.2) is 5.82 Å². The number of nitrogens with one attached hydrogen (secondary N) is 1. The van der Waals surface area contributed by atoms with Gasteiger partial charge in [0.2, 0.25) is 11.9 Å². The average Bonchev–Trinajstić information content (AvgIpc) is 3.90. The molecule has 17 heteroatoms. The molecule has 0 aromatic carbocycles. The van der Waals surface area contributed by atoms with Crippen molar-refractivity contribution in [3.63, 3.8) is 0 Å². The van der Waals surface area contributed by atoms with E-state index in [1.807, 2.05) is 6.92 Å². The van der Waals surface area contributed by atoms with Crippen molar-refractivity contribution < 1.29 is 32.6 Å². The van der Waals surface area contributed by atoms with Crippen LogP contribution in [0.25, 0.3) is 22.0 Å². The van der Waals surface area contributed by atoms with Crippen molar-refractivity contribution in [2.45, 2.75) is 57.6 Å². The number of esters is 1. The molecule has 0 unspecified atom stereocenters. The van der Waals surface area contributed by atoms with Gasteiger partial charge in [0.1, 0.15) is 28.7 Å². The molecule has 0 spiro atoms. The molecule has 1 saturated carbocycles. The highest BCUT2D eigenvalue weighted by atomic mass is 32.1. The van der Waals surface area contributed by atoms with E-state index in [1.54, 1.807) is 16.3 Å². The summed E-state index contributed by atoms with van der Waals surface area (Å²) in [6.45, 7) is 7.35. The third-order valence-electron chi connectivity index (χ3n) is 9.07. The molecule has 0 radical (unpaired) electrons. The second kappa shape index (κ2) is 16.7. The molecule has 0 bridgehead atoms. The minimum absolute atomic E-state index is 0.00133.